The predicted molar refractivity (Wildman–Crippen MR) is 68.2 cm³/mol. The van der Waals surface area contributed by atoms with Crippen LogP contribution in [0.3, 0.4) is 0 Å². The van der Waals surface area contributed by atoms with Gasteiger partial charge < -0.3 is 4.74 Å². The minimum absolute atomic E-state index is 0.656. The first kappa shape index (κ1) is 11.8. The molecule has 0 N–H and O–H groups in total. The molecule has 0 bridgehead atoms. The maximum atomic E-state index is 6.06. The highest BCUT2D eigenvalue weighted by atomic mass is 35.5. The van der Waals surface area contributed by atoms with Crippen molar-refractivity contribution in [3.8, 4) is 5.75 Å². The van der Waals surface area contributed by atoms with Gasteiger partial charge in [-0.05, 0) is 36.0 Å². The largest absolute Gasteiger partial charge is 0.497 e. The first-order valence-corrected chi connectivity index (χ1v) is 6.56. The van der Waals surface area contributed by atoms with Crippen LogP contribution in [-0.2, 0) is 6.42 Å². The first-order valence-electron chi connectivity index (χ1n) is 6.02. The molecule has 1 aromatic carbocycles. The molecule has 1 nitrogen and oxygen atoms in total. The Bertz CT molecular complexity index is 316. The van der Waals surface area contributed by atoms with Crippen molar-refractivity contribution in [2.45, 2.75) is 25.7 Å². The molecule has 1 unspecified atom stereocenters. The maximum Gasteiger partial charge on any atom is 0.118 e. The van der Waals surface area contributed by atoms with Crippen LogP contribution in [0.15, 0.2) is 24.3 Å². The third-order valence-corrected chi connectivity index (χ3v) is 4.07. The van der Waals surface area contributed by atoms with Gasteiger partial charge in [-0.1, -0.05) is 31.4 Å². The second-order valence-corrected chi connectivity index (χ2v) is 4.97. The highest BCUT2D eigenvalue weighted by Crippen LogP contribution is 2.35. The van der Waals surface area contributed by atoms with E-state index in [9.17, 15) is 0 Å². The molecule has 0 aromatic heterocycles. The molecule has 0 aliphatic heterocycles. The summed E-state index contributed by atoms with van der Waals surface area (Å²) in [5, 5.41) is 0. The van der Waals surface area contributed by atoms with Crippen molar-refractivity contribution in [1.82, 2.24) is 0 Å². The van der Waals surface area contributed by atoms with Gasteiger partial charge in [0.05, 0.1) is 7.11 Å². The van der Waals surface area contributed by atoms with E-state index < -0.39 is 0 Å². The van der Waals surface area contributed by atoms with Crippen LogP contribution in [-0.4, -0.2) is 13.0 Å². The molecule has 0 saturated heterocycles. The minimum atomic E-state index is 0.656. The number of hydrogen-bond donors (Lipinski definition) is 0. The topological polar surface area (TPSA) is 9.23 Å². The predicted octanol–water partition coefficient (Wildman–Crippen LogP) is 3.89. The summed E-state index contributed by atoms with van der Waals surface area (Å²) in [4.78, 5) is 0. The highest BCUT2D eigenvalue weighted by molar-refractivity contribution is 6.18. The summed E-state index contributed by atoms with van der Waals surface area (Å²) in [6.07, 6.45) is 5.24. The van der Waals surface area contributed by atoms with Crippen molar-refractivity contribution >= 4 is 11.6 Å². The van der Waals surface area contributed by atoms with E-state index in [1.807, 2.05) is 12.1 Å². The molecule has 2 heteroatoms. The number of alkyl halides is 1. The summed E-state index contributed by atoms with van der Waals surface area (Å²) < 4.78 is 5.15. The molecule has 1 saturated carbocycles. The van der Waals surface area contributed by atoms with Crippen molar-refractivity contribution in [3.63, 3.8) is 0 Å². The smallest absolute Gasteiger partial charge is 0.118 e. The average molecular weight is 239 g/mol. The summed E-state index contributed by atoms with van der Waals surface area (Å²) in [7, 11) is 1.70. The molecule has 88 valence electrons. The normalized spacial score (nSPS) is 17.9. The number of hydrogen-bond acceptors (Lipinski definition) is 1. The van der Waals surface area contributed by atoms with Crippen molar-refractivity contribution in [2.24, 2.45) is 11.8 Å². The minimum Gasteiger partial charge on any atom is -0.497 e. The molecule has 2 rings (SSSR count). The van der Waals surface area contributed by atoms with Gasteiger partial charge in [0, 0.05) is 5.88 Å². The lowest BCUT2D eigenvalue weighted by Crippen LogP contribution is -2.25. The van der Waals surface area contributed by atoms with Gasteiger partial charge in [-0.25, -0.2) is 0 Å². The number of ether oxygens (including phenoxy) is 1. The van der Waals surface area contributed by atoms with Crippen LogP contribution in [0.4, 0.5) is 0 Å². The summed E-state index contributed by atoms with van der Waals surface area (Å²) in [5.74, 6) is 3.23. The zero-order valence-electron chi connectivity index (χ0n) is 9.79. The number of halogens is 1. The van der Waals surface area contributed by atoms with E-state index in [-0.39, 0.29) is 0 Å². The zero-order valence-corrected chi connectivity index (χ0v) is 10.5. The fourth-order valence-electron chi connectivity index (χ4n) is 2.32. The van der Waals surface area contributed by atoms with Crippen molar-refractivity contribution in [3.05, 3.63) is 29.8 Å². The molecule has 1 aliphatic rings. The van der Waals surface area contributed by atoms with Gasteiger partial charge in [0.25, 0.3) is 0 Å². The van der Waals surface area contributed by atoms with E-state index in [0.29, 0.717) is 5.92 Å². The summed E-state index contributed by atoms with van der Waals surface area (Å²) in [5.41, 5.74) is 1.37. The zero-order chi connectivity index (χ0) is 11.4. The van der Waals surface area contributed by atoms with Crippen molar-refractivity contribution in [1.29, 1.82) is 0 Å². The lowest BCUT2D eigenvalue weighted by molar-refractivity contribution is 0.222. The monoisotopic (exact) mass is 238 g/mol. The second-order valence-electron chi connectivity index (χ2n) is 4.66. The molecule has 0 amide bonds. The fourth-order valence-corrected chi connectivity index (χ4v) is 2.68. The van der Waals surface area contributed by atoms with E-state index in [2.05, 4.69) is 12.1 Å². The van der Waals surface area contributed by atoms with Crippen LogP contribution in [0.25, 0.3) is 0 Å². The van der Waals surface area contributed by atoms with Gasteiger partial charge in [-0.3, -0.25) is 0 Å². The van der Waals surface area contributed by atoms with Crippen LogP contribution >= 0.6 is 11.6 Å². The van der Waals surface area contributed by atoms with Crippen LogP contribution in [0, 0.1) is 11.8 Å². The Kier molecular flexibility index (Phi) is 4.11. The molecule has 0 spiro atoms. The van der Waals surface area contributed by atoms with E-state index in [4.69, 9.17) is 16.3 Å². The Morgan fingerprint density at radius 3 is 2.44 bits per heavy atom. The lowest BCUT2D eigenvalue weighted by Gasteiger charge is -2.32. The molecule has 0 heterocycles. The quantitative estimate of drug-likeness (QED) is 0.708. The number of benzene rings is 1. The Balaban J connectivity index is 1.95. The van der Waals surface area contributed by atoms with Crippen molar-refractivity contribution < 1.29 is 4.74 Å². The molecule has 0 radical (unpaired) electrons. The Hall–Kier alpha value is -0.690. The van der Waals surface area contributed by atoms with Gasteiger partial charge in [0.15, 0.2) is 0 Å². The second kappa shape index (κ2) is 5.58. The maximum absolute atomic E-state index is 6.06. The molecular formula is C14H19ClO. The third kappa shape index (κ3) is 2.70. The van der Waals surface area contributed by atoms with Gasteiger partial charge in [0.1, 0.15) is 5.75 Å². The van der Waals surface area contributed by atoms with Crippen LogP contribution < -0.4 is 4.74 Å². The van der Waals surface area contributed by atoms with Gasteiger partial charge in [-0.15, -0.1) is 11.6 Å². The van der Waals surface area contributed by atoms with E-state index in [1.54, 1.807) is 7.11 Å². The Labute approximate surface area is 103 Å². The van der Waals surface area contributed by atoms with Crippen molar-refractivity contribution in [2.75, 3.05) is 13.0 Å². The molecule has 1 atom stereocenters. The SMILES string of the molecule is COc1ccc(CC(CCl)C2CCC2)cc1. The summed E-state index contributed by atoms with van der Waals surface area (Å²) >= 11 is 6.06. The lowest BCUT2D eigenvalue weighted by atomic mass is 9.74. The number of rotatable bonds is 5. The van der Waals surface area contributed by atoms with E-state index in [0.717, 1.165) is 24.0 Å². The molecule has 1 aromatic rings. The van der Waals surface area contributed by atoms with Crippen LogP contribution in [0.5, 0.6) is 5.75 Å². The molecular weight excluding hydrogens is 220 g/mol. The highest BCUT2D eigenvalue weighted by Gasteiger charge is 2.26. The van der Waals surface area contributed by atoms with Crippen LogP contribution in [0.2, 0.25) is 0 Å². The van der Waals surface area contributed by atoms with E-state index >= 15 is 0 Å². The summed E-state index contributed by atoms with van der Waals surface area (Å²) in [6, 6.07) is 8.36. The Morgan fingerprint density at radius 2 is 2.00 bits per heavy atom. The van der Waals surface area contributed by atoms with Gasteiger partial charge in [0.2, 0.25) is 0 Å². The number of methoxy groups -OCH3 is 1. The molecule has 16 heavy (non-hydrogen) atoms. The van der Waals surface area contributed by atoms with Gasteiger partial charge >= 0.3 is 0 Å². The fraction of sp³-hybridized carbons (Fsp3) is 0.571. The molecule has 1 fully saturated rings. The van der Waals surface area contributed by atoms with Crippen LogP contribution in [0.1, 0.15) is 24.8 Å². The standard InChI is InChI=1S/C14H19ClO/c1-16-14-7-5-11(6-8-14)9-13(10-15)12-3-2-4-12/h5-8,12-13H,2-4,9-10H2,1H3. The first-order chi connectivity index (χ1) is 7.83. The van der Waals surface area contributed by atoms with Gasteiger partial charge in [-0.2, -0.15) is 0 Å². The third-order valence-electron chi connectivity index (χ3n) is 3.67. The average Bonchev–Trinajstić information content (AvgIpc) is 2.26. The van der Waals surface area contributed by atoms with E-state index in [1.165, 1.54) is 24.8 Å². The summed E-state index contributed by atoms with van der Waals surface area (Å²) in [6.45, 7) is 0. The Morgan fingerprint density at radius 1 is 1.31 bits per heavy atom. The molecule has 1 aliphatic carbocycles.